The molecule has 0 bridgehead atoms. The summed E-state index contributed by atoms with van der Waals surface area (Å²) in [7, 11) is 0. The van der Waals surface area contributed by atoms with E-state index in [-0.39, 0.29) is 30.9 Å². The molecule has 1 N–H and O–H groups in total. The molecule has 0 aromatic carbocycles. The molecule has 0 rings (SSSR count). The van der Waals surface area contributed by atoms with E-state index in [1.54, 1.807) is 13.8 Å². The molecule has 0 saturated carbocycles. The maximum absolute atomic E-state index is 10.9. The Morgan fingerprint density at radius 3 is 2.19 bits per heavy atom. The van der Waals surface area contributed by atoms with E-state index in [4.69, 9.17) is 9.47 Å². The van der Waals surface area contributed by atoms with Crippen LogP contribution in [0, 0.1) is 0 Å². The lowest BCUT2D eigenvalue weighted by Crippen LogP contribution is -3.00. The van der Waals surface area contributed by atoms with Crippen molar-refractivity contribution in [1.82, 2.24) is 5.32 Å². The van der Waals surface area contributed by atoms with Gasteiger partial charge in [0, 0.05) is 6.42 Å². The highest BCUT2D eigenvalue weighted by molar-refractivity contribution is 5.71. The zero-order chi connectivity index (χ0) is 11.5. The second-order valence-electron chi connectivity index (χ2n) is 2.89. The van der Waals surface area contributed by atoms with Gasteiger partial charge in [0.2, 0.25) is 0 Å². The second kappa shape index (κ2) is 12.3. The number of esters is 2. The molecule has 0 amide bonds. The molecule has 0 saturated heterocycles. The van der Waals surface area contributed by atoms with E-state index in [9.17, 15) is 9.59 Å². The second-order valence-corrected chi connectivity index (χ2v) is 2.89. The summed E-state index contributed by atoms with van der Waals surface area (Å²) in [6.07, 6.45) is 1.04. The van der Waals surface area contributed by atoms with Crippen LogP contribution in [0.5, 0.6) is 0 Å². The molecule has 0 heterocycles. The molecule has 5 nitrogen and oxygen atoms in total. The Labute approximate surface area is 102 Å². The van der Waals surface area contributed by atoms with Crippen molar-refractivity contribution in [2.24, 2.45) is 0 Å². The van der Waals surface area contributed by atoms with Crippen molar-refractivity contribution in [2.45, 2.75) is 26.7 Å². The first-order chi connectivity index (χ1) is 7.20. The molecule has 0 spiro atoms. The molecular formula is C10H19ClNO4-. The van der Waals surface area contributed by atoms with E-state index in [0.29, 0.717) is 32.6 Å². The summed E-state index contributed by atoms with van der Waals surface area (Å²) in [6, 6.07) is 0. The summed E-state index contributed by atoms with van der Waals surface area (Å²) in [5.74, 6) is -0.468. The van der Waals surface area contributed by atoms with Crippen LogP contribution in [-0.4, -0.2) is 38.2 Å². The third-order valence-electron chi connectivity index (χ3n) is 1.61. The van der Waals surface area contributed by atoms with E-state index >= 15 is 0 Å². The summed E-state index contributed by atoms with van der Waals surface area (Å²) < 4.78 is 9.46. The zero-order valence-electron chi connectivity index (χ0n) is 9.75. The van der Waals surface area contributed by atoms with Crippen LogP contribution in [0.2, 0.25) is 0 Å². The highest BCUT2D eigenvalue weighted by Gasteiger charge is 2.02. The summed E-state index contributed by atoms with van der Waals surface area (Å²) in [4.78, 5) is 21.8. The molecule has 0 aliphatic carbocycles. The van der Waals surface area contributed by atoms with Crippen molar-refractivity contribution in [3.63, 3.8) is 0 Å². The molecule has 96 valence electrons. The number of carbonyl (C=O) groups excluding carboxylic acids is 2. The topological polar surface area (TPSA) is 64.6 Å². The van der Waals surface area contributed by atoms with Gasteiger partial charge in [0.25, 0.3) is 0 Å². The van der Waals surface area contributed by atoms with Crippen LogP contribution in [0.4, 0.5) is 0 Å². The van der Waals surface area contributed by atoms with Crippen molar-refractivity contribution in [3.8, 4) is 0 Å². The Hall–Kier alpha value is -0.810. The van der Waals surface area contributed by atoms with Gasteiger partial charge in [-0.2, -0.15) is 0 Å². The number of halogens is 1. The number of rotatable bonds is 8. The van der Waals surface area contributed by atoms with E-state index < -0.39 is 0 Å². The monoisotopic (exact) mass is 252 g/mol. The fraction of sp³-hybridized carbons (Fsp3) is 0.800. The van der Waals surface area contributed by atoms with Crippen LogP contribution in [0.25, 0.3) is 0 Å². The maximum Gasteiger partial charge on any atom is 0.319 e. The van der Waals surface area contributed by atoms with Gasteiger partial charge in [-0.25, -0.2) is 0 Å². The molecule has 0 radical (unpaired) electrons. The van der Waals surface area contributed by atoms with Crippen LogP contribution in [-0.2, 0) is 19.1 Å². The smallest absolute Gasteiger partial charge is 0.319 e. The molecular weight excluding hydrogens is 234 g/mol. The van der Waals surface area contributed by atoms with E-state index in [0.717, 1.165) is 0 Å². The SMILES string of the molecule is CCOC(=O)CCCNCC(=O)OCC.[Cl-]. The first-order valence-corrected chi connectivity index (χ1v) is 5.22. The van der Waals surface area contributed by atoms with Gasteiger partial charge in [0.1, 0.15) is 0 Å². The van der Waals surface area contributed by atoms with E-state index in [1.165, 1.54) is 0 Å². The molecule has 0 aliphatic heterocycles. The minimum Gasteiger partial charge on any atom is -1.00 e. The van der Waals surface area contributed by atoms with Gasteiger partial charge in [0.05, 0.1) is 19.8 Å². The fourth-order valence-corrected chi connectivity index (χ4v) is 0.993. The number of hydrogen-bond donors (Lipinski definition) is 1. The molecule has 0 aromatic heterocycles. The zero-order valence-corrected chi connectivity index (χ0v) is 10.5. The Balaban J connectivity index is 0. The summed E-state index contributed by atoms with van der Waals surface area (Å²) in [5, 5.41) is 2.89. The number of nitrogens with one attached hydrogen (secondary N) is 1. The number of carbonyl (C=O) groups is 2. The average molecular weight is 253 g/mol. The van der Waals surface area contributed by atoms with Crippen molar-refractivity contribution in [3.05, 3.63) is 0 Å². The van der Waals surface area contributed by atoms with Crippen molar-refractivity contribution >= 4 is 11.9 Å². The molecule has 0 atom stereocenters. The van der Waals surface area contributed by atoms with Gasteiger partial charge in [-0.15, -0.1) is 0 Å². The maximum atomic E-state index is 10.9. The first kappa shape index (κ1) is 17.6. The fourth-order valence-electron chi connectivity index (χ4n) is 0.993. The van der Waals surface area contributed by atoms with Crippen molar-refractivity contribution < 1.29 is 31.5 Å². The number of hydrogen-bond acceptors (Lipinski definition) is 5. The molecule has 6 heteroatoms. The third-order valence-corrected chi connectivity index (χ3v) is 1.61. The summed E-state index contributed by atoms with van der Waals surface area (Å²) in [6.45, 7) is 5.14. The summed E-state index contributed by atoms with van der Waals surface area (Å²) >= 11 is 0. The minimum atomic E-state index is -0.270. The highest BCUT2D eigenvalue weighted by Crippen LogP contribution is 1.91. The highest BCUT2D eigenvalue weighted by atomic mass is 35.5. The van der Waals surface area contributed by atoms with Crippen LogP contribution in [0.1, 0.15) is 26.7 Å². The Kier molecular flexibility index (Phi) is 13.5. The van der Waals surface area contributed by atoms with Gasteiger partial charge < -0.3 is 27.2 Å². The van der Waals surface area contributed by atoms with Gasteiger partial charge in [-0.05, 0) is 26.8 Å². The minimum absolute atomic E-state index is 0. The Morgan fingerprint density at radius 2 is 1.62 bits per heavy atom. The lowest BCUT2D eigenvalue weighted by atomic mass is 10.3. The van der Waals surface area contributed by atoms with Gasteiger partial charge in [-0.3, -0.25) is 9.59 Å². The van der Waals surface area contributed by atoms with Crippen molar-refractivity contribution in [2.75, 3.05) is 26.3 Å². The van der Waals surface area contributed by atoms with Gasteiger partial charge in [-0.1, -0.05) is 0 Å². The molecule has 0 fully saturated rings. The number of ether oxygens (including phenoxy) is 2. The molecule has 16 heavy (non-hydrogen) atoms. The molecule has 0 aromatic rings. The lowest BCUT2D eigenvalue weighted by Gasteiger charge is -2.04. The average Bonchev–Trinajstić information content (AvgIpc) is 2.18. The molecule has 0 unspecified atom stereocenters. The largest absolute Gasteiger partial charge is 1.00 e. The predicted molar refractivity (Wildman–Crippen MR) is 55.4 cm³/mol. The lowest BCUT2D eigenvalue weighted by molar-refractivity contribution is -0.143. The predicted octanol–water partition coefficient (Wildman–Crippen LogP) is -2.51. The van der Waals surface area contributed by atoms with Gasteiger partial charge in [0.15, 0.2) is 0 Å². The van der Waals surface area contributed by atoms with Crippen LogP contribution in [0.15, 0.2) is 0 Å². The normalized spacial score (nSPS) is 9.12. The molecule has 0 aliphatic rings. The quantitative estimate of drug-likeness (QED) is 0.382. The Bertz CT molecular complexity index is 179. The van der Waals surface area contributed by atoms with Gasteiger partial charge >= 0.3 is 11.9 Å². The third kappa shape index (κ3) is 11.3. The first-order valence-electron chi connectivity index (χ1n) is 5.22. The van der Waals surface area contributed by atoms with E-state index in [2.05, 4.69) is 5.32 Å². The Morgan fingerprint density at radius 1 is 1.06 bits per heavy atom. The van der Waals surface area contributed by atoms with E-state index in [1.807, 2.05) is 0 Å². The van der Waals surface area contributed by atoms with Crippen molar-refractivity contribution in [1.29, 1.82) is 0 Å². The standard InChI is InChI=1S/C10H19NO4.ClH/c1-3-14-9(12)6-5-7-11-8-10(13)15-4-2;/h11H,3-8H2,1-2H3;1H/p-1. The summed E-state index contributed by atoms with van der Waals surface area (Å²) in [5.41, 5.74) is 0. The van der Waals surface area contributed by atoms with Crippen LogP contribution in [0.3, 0.4) is 0 Å². The van der Waals surface area contributed by atoms with Crippen LogP contribution >= 0.6 is 0 Å². The van der Waals surface area contributed by atoms with Crippen LogP contribution < -0.4 is 17.7 Å².